The second kappa shape index (κ2) is 8.16. The molecule has 160 valence electrons. The number of carbonyl (C=O) groups excluding carboxylic acids is 1. The summed E-state index contributed by atoms with van der Waals surface area (Å²) >= 11 is 3.48. The van der Waals surface area contributed by atoms with Gasteiger partial charge in [-0.15, -0.1) is 0 Å². The highest BCUT2D eigenvalue weighted by molar-refractivity contribution is 9.10. The predicted octanol–water partition coefficient (Wildman–Crippen LogP) is 5.61. The van der Waals surface area contributed by atoms with E-state index in [9.17, 15) is 4.79 Å². The first-order valence-corrected chi connectivity index (χ1v) is 10.9. The third-order valence-electron chi connectivity index (χ3n) is 5.67. The molecule has 0 radical (unpaired) electrons. The van der Waals surface area contributed by atoms with E-state index < -0.39 is 6.04 Å². The van der Waals surface area contributed by atoms with Crippen molar-refractivity contribution in [3.8, 4) is 22.8 Å². The summed E-state index contributed by atoms with van der Waals surface area (Å²) in [5.41, 5.74) is 4.61. The molecule has 7 heteroatoms. The van der Waals surface area contributed by atoms with Gasteiger partial charge in [0.2, 0.25) is 0 Å². The summed E-state index contributed by atoms with van der Waals surface area (Å²) in [6.07, 6.45) is 0. The highest BCUT2D eigenvalue weighted by Crippen LogP contribution is 2.47. The van der Waals surface area contributed by atoms with Crippen LogP contribution in [0.25, 0.3) is 11.3 Å². The molecule has 0 bridgehead atoms. The first kappa shape index (κ1) is 20.3. The Bertz CT molecular complexity index is 1280. The standard InChI is InChI=1S/C25H20BrN3O3/c1-31-18-13-7-15(8-14-18)22-21-23(28-27-22)25(30)29(17-11-9-16(26)10-12-17)24(21)19-5-3-4-6-20(19)32-2/h3-14,24H,1-2H3,(H,27,28)/t24-/m0/s1. The van der Waals surface area contributed by atoms with Gasteiger partial charge in [0, 0.05) is 26.9 Å². The Morgan fingerprint density at radius 3 is 2.34 bits per heavy atom. The van der Waals surface area contributed by atoms with Crippen LogP contribution in [0.4, 0.5) is 5.69 Å². The van der Waals surface area contributed by atoms with Crippen molar-refractivity contribution >= 4 is 27.5 Å². The second-order valence-electron chi connectivity index (χ2n) is 7.39. The summed E-state index contributed by atoms with van der Waals surface area (Å²) in [5.74, 6) is 1.34. The first-order chi connectivity index (χ1) is 15.6. The molecule has 0 spiro atoms. The quantitative estimate of drug-likeness (QED) is 0.395. The molecule has 1 aliphatic rings. The van der Waals surface area contributed by atoms with Gasteiger partial charge in [-0.2, -0.15) is 5.10 Å². The summed E-state index contributed by atoms with van der Waals surface area (Å²) < 4.78 is 11.9. The van der Waals surface area contributed by atoms with Crippen LogP contribution in [0.5, 0.6) is 11.5 Å². The molecular weight excluding hydrogens is 470 g/mol. The van der Waals surface area contributed by atoms with Crippen molar-refractivity contribution in [2.45, 2.75) is 6.04 Å². The van der Waals surface area contributed by atoms with Gasteiger partial charge in [-0.05, 0) is 54.6 Å². The lowest BCUT2D eigenvalue weighted by molar-refractivity contribution is 0.0988. The van der Waals surface area contributed by atoms with Gasteiger partial charge in [0.15, 0.2) is 0 Å². The molecular formula is C25H20BrN3O3. The van der Waals surface area contributed by atoms with E-state index in [2.05, 4.69) is 26.1 Å². The number of hydrogen-bond acceptors (Lipinski definition) is 4. The molecule has 0 fully saturated rings. The van der Waals surface area contributed by atoms with Crippen LogP contribution in [0.3, 0.4) is 0 Å². The van der Waals surface area contributed by atoms with Crippen LogP contribution >= 0.6 is 15.9 Å². The van der Waals surface area contributed by atoms with E-state index in [-0.39, 0.29) is 5.91 Å². The van der Waals surface area contributed by atoms with Gasteiger partial charge in [-0.3, -0.25) is 14.8 Å². The maximum absolute atomic E-state index is 13.6. The van der Waals surface area contributed by atoms with E-state index in [1.54, 1.807) is 19.1 Å². The van der Waals surface area contributed by atoms with E-state index >= 15 is 0 Å². The maximum atomic E-state index is 13.6. The molecule has 32 heavy (non-hydrogen) atoms. The first-order valence-electron chi connectivity index (χ1n) is 10.1. The molecule has 0 saturated heterocycles. The van der Waals surface area contributed by atoms with E-state index in [1.165, 1.54) is 0 Å². The van der Waals surface area contributed by atoms with Gasteiger partial charge in [-0.25, -0.2) is 0 Å². The maximum Gasteiger partial charge on any atom is 0.277 e. The third kappa shape index (κ3) is 3.26. The Balaban J connectivity index is 1.72. The Labute approximate surface area is 193 Å². The minimum atomic E-state index is -0.398. The average molecular weight is 490 g/mol. The molecule has 3 aromatic carbocycles. The van der Waals surface area contributed by atoms with Crippen LogP contribution in [-0.4, -0.2) is 30.3 Å². The van der Waals surface area contributed by atoms with Crippen molar-refractivity contribution in [2.24, 2.45) is 0 Å². The number of ether oxygens (including phenoxy) is 2. The number of rotatable bonds is 5. The van der Waals surface area contributed by atoms with Crippen molar-refractivity contribution in [1.82, 2.24) is 10.2 Å². The van der Waals surface area contributed by atoms with Gasteiger partial charge in [0.25, 0.3) is 5.91 Å². The number of aromatic amines is 1. The van der Waals surface area contributed by atoms with Crippen LogP contribution in [0.1, 0.15) is 27.7 Å². The average Bonchev–Trinajstić information content (AvgIpc) is 3.39. The van der Waals surface area contributed by atoms with Crippen LogP contribution in [-0.2, 0) is 0 Å². The predicted molar refractivity (Wildman–Crippen MR) is 126 cm³/mol. The largest absolute Gasteiger partial charge is 0.497 e. The second-order valence-corrected chi connectivity index (χ2v) is 8.30. The lowest BCUT2D eigenvalue weighted by Crippen LogP contribution is -2.29. The van der Waals surface area contributed by atoms with Gasteiger partial charge in [0.05, 0.1) is 26.0 Å². The number of anilines is 1. The molecule has 0 unspecified atom stereocenters. The van der Waals surface area contributed by atoms with Crippen molar-refractivity contribution in [2.75, 3.05) is 19.1 Å². The van der Waals surface area contributed by atoms with Crippen molar-refractivity contribution in [3.63, 3.8) is 0 Å². The fraction of sp³-hybridized carbons (Fsp3) is 0.120. The van der Waals surface area contributed by atoms with E-state index in [1.807, 2.05) is 72.8 Å². The summed E-state index contributed by atoms with van der Waals surface area (Å²) in [4.78, 5) is 15.4. The molecule has 1 N–H and O–H groups in total. The number of amides is 1. The number of methoxy groups -OCH3 is 2. The molecule has 1 amide bonds. The van der Waals surface area contributed by atoms with Gasteiger partial charge < -0.3 is 9.47 Å². The minimum Gasteiger partial charge on any atom is -0.497 e. The zero-order valence-electron chi connectivity index (χ0n) is 17.5. The zero-order valence-corrected chi connectivity index (χ0v) is 19.1. The lowest BCUT2D eigenvalue weighted by atomic mass is 9.95. The van der Waals surface area contributed by atoms with Gasteiger partial charge in [-0.1, -0.05) is 34.1 Å². The summed E-state index contributed by atoms with van der Waals surface area (Å²) in [5, 5.41) is 7.51. The van der Waals surface area contributed by atoms with Crippen LogP contribution in [0, 0.1) is 0 Å². The lowest BCUT2D eigenvalue weighted by Gasteiger charge is -2.27. The van der Waals surface area contributed by atoms with E-state index in [0.717, 1.165) is 38.3 Å². The van der Waals surface area contributed by atoms with Gasteiger partial charge in [0.1, 0.15) is 17.2 Å². The summed E-state index contributed by atoms with van der Waals surface area (Å²) in [6.45, 7) is 0. The van der Waals surface area contributed by atoms with Crippen molar-refractivity contribution in [3.05, 3.63) is 94.1 Å². The fourth-order valence-corrected chi connectivity index (χ4v) is 4.43. The Morgan fingerprint density at radius 2 is 1.66 bits per heavy atom. The molecule has 1 aliphatic heterocycles. The van der Waals surface area contributed by atoms with Crippen molar-refractivity contribution in [1.29, 1.82) is 0 Å². The molecule has 2 heterocycles. The number of fused-ring (bicyclic) bond motifs is 1. The Kier molecular flexibility index (Phi) is 5.19. The van der Waals surface area contributed by atoms with Crippen molar-refractivity contribution < 1.29 is 14.3 Å². The van der Waals surface area contributed by atoms with Crippen LogP contribution in [0.15, 0.2) is 77.3 Å². The van der Waals surface area contributed by atoms with Crippen LogP contribution in [0.2, 0.25) is 0 Å². The third-order valence-corrected chi connectivity index (χ3v) is 6.20. The molecule has 1 aromatic heterocycles. The monoisotopic (exact) mass is 489 g/mol. The molecule has 6 nitrogen and oxygen atoms in total. The number of halogens is 1. The highest BCUT2D eigenvalue weighted by atomic mass is 79.9. The molecule has 5 rings (SSSR count). The number of hydrogen-bond donors (Lipinski definition) is 1. The minimum absolute atomic E-state index is 0.134. The van der Waals surface area contributed by atoms with Gasteiger partial charge >= 0.3 is 0 Å². The number of H-pyrrole nitrogens is 1. The number of benzene rings is 3. The highest BCUT2D eigenvalue weighted by Gasteiger charge is 2.44. The summed E-state index contributed by atoms with van der Waals surface area (Å²) in [7, 11) is 3.27. The molecule has 1 atom stereocenters. The SMILES string of the molecule is COc1ccc(-c2n[nH]c3c2[C@H](c2ccccc2OC)N(c2ccc(Br)cc2)C3=O)cc1. The Hall–Kier alpha value is -3.58. The number of nitrogens with zero attached hydrogens (tertiary/aromatic N) is 2. The van der Waals surface area contributed by atoms with E-state index in [4.69, 9.17) is 9.47 Å². The number of para-hydroxylation sites is 1. The zero-order chi connectivity index (χ0) is 22.2. The number of carbonyl (C=O) groups is 1. The number of aromatic nitrogens is 2. The topological polar surface area (TPSA) is 67.5 Å². The molecule has 0 aliphatic carbocycles. The smallest absolute Gasteiger partial charge is 0.277 e. The molecule has 0 saturated carbocycles. The number of nitrogens with one attached hydrogen (secondary N) is 1. The Morgan fingerprint density at radius 1 is 0.938 bits per heavy atom. The normalized spacial score (nSPS) is 15.0. The van der Waals surface area contributed by atoms with Crippen LogP contribution < -0.4 is 14.4 Å². The molecule has 4 aromatic rings. The summed E-state index contributed by atoms with van der Waals surface area (Å²) in [6, 6.07) is 22.7. The van der Waals surface area contributed by atoms with E-state index in [0.29, 0.717) is 11.4 Å². The fourth-order valence-electron chi connectivity index (χ4n) is 4.17.